The Hall–Kier alpha value is -1.39. The van der Waals surface area contributed by atoms with Crippen molar-refractivity contribution >= 4 is 22.2 Å². The van der Waals surface area contributed by atoms with E-state index >= 15 is 0 Å². The molecule has 0 atom stereocenters. The monoisotopic (exact) mass is 303 g/mol. The summed E-state index contributed by atoms with van der Waals surface area (Å²) in [5.41, 5.74) is 3.71. The Bertz CT molecular complexity index is 584. The van der Waals surface area contributed by atoms with Gasteiger partial charge in [0.1, 0.15) is 0 Å². The quantitative estimate of drug-likeness (QED) is 0.881. The molecule has 21 heavy (non-hydrogen) atoms. The van der Waals surface area contributed by atoms with E-state index in [0.29, 0.717) is 0 Å². The van der Waals surface area contributed by atoms with E-state index in [1.165, 1.54) is 11.3 Å². The van der Waals surface area contributed by atoms with Crippen LogP contribution in [0.5, 0.6) is 0 Å². The molecule has 0 unspecified atom stereocenters. The SMILES string of the molecule is CCN(c1cccc(C)c1)c1nc(CNC(C)(C)C)cs1. The van der Waals surface area contributed by atoms with Gasteiger partial charge in [-0.2, -0.15) is 0 Å². The molecule has 0 bridgehead atoms. The van der Waals surface area contributed by atoms with Crippen LogP contribution in [0, 0.1) is 6.92 Å². The molecule has 1 aromatic carbocycles. The van der Waals surface area contributed by atoms with Crippen LogP contribution < -0.4 is 10.2 Å². The first-order chi connectivity index (χ1) is 9.89. The Morgan fingerprint density at radius 1 is 1.29 bits per heavy atom. The van der Waals surface area contributed by atoms with Crippen molar-refractivity contribution in [2.24, 2.45) is 0 Å². The average Bonchev–Trinajstić information content (AvgIpc) is 2.85. The highest BCUT2D eigenvalue weighted by Gasteiger charge is 2.14. The van der Waals surface area contributed by atoms with Gasteiger partial charge in [0.05, 0.1) is 5.69 Å². The standard InChI is InChI=1S/C17H25N3S/c1-6-20(15-9-7-8-13(2)10-15)16-19-14(12-21-16)11-18-17(3,4)5/h7-10,12,18H,6,11H2,1-5H3. The van der Waals surface area contributed by atoms with Gasteiger partial charge in [0.25, 0.3) is 0 Å². The molecule has 0 amide bonds. The van der Waals surface area contributed by atoms with Gasteiger partial charge in [-0.05, 0) is 52.3 Å². The molecule has 0 fully saturated rings. The lowest BCUT2D eigenvalue weighted by Crippen LogP contribution is -2.35. The number of nitrogens with zero attached hydrogens (tertiary/aromatic N) is 2. The van der Waals surface area contributed by atoms with Gasteiger partial charge < -0.3 is 10.2 Å². The maximum absolute atomic E-state index is 4.77. The summed E-state index contributed by atoms with van der Waals surface area (Å²) in [5, 5.41) is 6.69. The van der Waals surface area contributed by atoms with E-state index in [-0.39, 0.29) is 5.54 Å². The number of thiazole rings is 1. The molecule has 1 N–H and O–H groups in total. The number of anilines is 2. The second-order valence-corrected chi connectivity index (χ2v) is 7.14. The van der Waals surface area contributed by atoms with Gasteiger partial charge in [0.2, 0.25) is 0 Å². The third kappa shape index (κ3) is 4.55. The summed E-state index contributed by atoms with van der Waals surface area (Å²) in [5.74, 6) is 0. The lowest BCUT2D eigenvalue weighted by molar-refractivity contribution is 0.422. The van der Waals surface area contributed by atoms with Crippen LogP contribution in [0.2, 0.25) is 0 Å². The molecule has 1 aromatic heterocycles. The van der Waals surface area contributed by atoms with E-state index < -0.39 is 0 Å². The summed E-state index contributed by atoms with van der Waals surface area (Å²) in [6, 6.07) is 8.57. The van der Waals surface area contributed by atoms with E-state index in [0.717, 1.165) is 23.9 Å². The Morgan fingerprint density at radius 2 is 2.05 bits per heavy atom. The summed E-state index contributed by atoms with van der Waals surface area (Å²) < 4.78 is 0. The predicted octanol–water partition coefficient (Wildman–Crippen LogP) is 4.50. The van der Waals surface area contributed by atoms with Gasteiger partial charge in [-0.3, -0.25) is 0 Å². The molecule has 0 saturated carbocycles. The first kappa shape index (κ1) is 16.0. The van der Waals surface area contributed by atoms with Gasteiger partial charge in [0.15, 0.2) is 5.13 Å². The lowest BCUT2D eigenvalue weighted by Gasteiger charge is -2.21. The zero-order valence-electron chi connectivity index (χ0n) is 13.6. The summed E-state index contributed by atoms with van der Waals surface area (Å²) in [7, 11) is 0. The molecule has 2 rings (SSSR count). The minimum atomic E-state index is 0.116. The highest BCUT2D eigenvalue weighted by molar-refractivity contribution is 7.13. The Labute approximate surface area is 132 Å². The predicted molar refractivity (Wildman–Crippen MR) is 92.6 cm³/mol. The lowest BCUT2D eigenvalue weighted by atomic mass is 10.1. The van der Waals surface area contributed by atoms with Crippen LogP contribution in [-0.4, -0.2) is 17.1 Å². The van der Waals surface area contributed by atoms with E-state index in [1.807, 2.05) is 0 Å². The molecule has 0 radical (unpaired) electrons. The Balaban J connectivity index is 2.14. The Kier molecular flexibility index (Phi) is 5.01. The number of aryl methyl sites for hydroxylation is 1. The van der Waals surface area contributed by atoms with Crippen LogP contribution in [0.25, 0.3) is 0 Å². The summed E-state index contributed by atoms with van der Waals surface area (Å²) in [4.78, 5) is 7.03. The largest absolute Gasteiger partial charge is 0.318 e. The van der Waals surface area contributed by atoms with Crippen molar-refractivity contribution in [3.05, 3.63) is 40.9 Å². The van der Waals surface area contributed by atoms with Crippen molar-refractivity contribution in [3.8, 4) is 0 Å². The van der Waals surface area contributed by atoms with E-state index in [1.54, 1.807) is 11.3 Å². The fourth-order valence-electron chi connectivity index (χ4n) is 2.08. The highest BCUT2D eigenvalue weighted by Crippen LogP contribution is 2.28. The molecule has 0 aliphatic heterocycles. The number of aromatic nitrogens is 1. The van der Waals surface area contributed by atoms with Crippen molar-refractivity contribution in [1.82, 2.24) is 10.3 Å². The minimum Gasteiger partial charge on any atom is -0.318 e. The molecular formula is C17H25N3S. The van der Waals surface area contributed by atoms with Crippen molar-refractivity contribution in [3.63, 3.8) is 0 Å². The molecule has 0 spiro atoms. The molecule has 0 aliphatic carbocycles. The molecule has 114 valence electrons. The summed E-state index contributed by atoms with van der Waals surface area (Å²) in [6.45, 7) is 12.5. The molecule has 0 aliphatic rings. The van der Waals surface area contributed by atoms with E-state index in [9.17, 15) is 0 Å². The maximum Gasteiger partial charge on any atom is 0.190 e. The molecule has 0 saturated heterocycles. The molecule has 4 heteroatoms. The van der Waals surface area contributed by atoms with Crippen LogP contribution >= 0.6 is 11.3 Å². The minimum absolute atomic E-state index is 0.116. The molecule has 1 heterocycles. The fraction of sp³-hybridized carbons (Fsp3) is 0.471. The Morgan fingerprint density at radius 3 is 2.67 bits per heavy atom. The van der Waals surface area contributed by atoms with Crippen LogP contribution in [0.4, 0.5) is 10.8 Å². The van der Waals surface area contributed by atoms with Crippen molar-refractivity contribution in [1.29, 1.82) is 0 Å². The molecule has 3 nitrogen and oxygen atoms in total. The third-order valence-electron chi connectivity index (χ3n) is 3.20. The number of nitrogens with one attached hydrogen (secondary N) is 1. The van der Waals surface area contributed by atoms with E-state index in [2.05, 4.69) is 74.5 Å². The highest BCUT2D eigenvalue weighted by atomic mass is 32.1. The van der Waals surface area contributed by atoms with Crippen molar-refractivity contribution in [2.45, 2.75) is 46.7 Å². The van der Waals surface area contributed by atoms with E-state index in [4.69, 9.17) is 4.98 Å². The normalized spacial score (nSPS) is 11.7. The van der Waals surface area contributed by atoms with Crippen molar-refractivity contribution < 1.29 is 0 Å². The van der Waals surface area contributed by atoms with Crippen LogP contribution in [0.1, 0.15) is 39.0 Å². The summed E-state index contributed by atoms with van der Waals surface area (Å²) in [6.07, 6.45) is 0. The first-order valence-corrected chi connectivity index (χ1v) is 8.30. The molecular weight excluding hydrogens is 278 g/mol. The topological polar surface area (TPSA) is 28.2 Å². The number of rotatable bonds is 5. The fourth-order valence-corrected chi connectivity index (χ4v) is 2.99. The maximum atomic E-state index is 4.77. The van der Waals surface area contributed by atoms with Gasteiger partial charge in [0, 0.05) is 29.7 Å². The second-order valence-electron chi connectivity index (χ2n) is 6.31. The smallest absolute Gasteiger partial charge is 0.190 e. The van der Waals surface area contributed by atoms with Gasteiger partial charge in [-0.25, -0.2) is 4.98 Å². The van der Waals surface area contributed by atoms with Crippen LogP contribution in [-0.2, 0) is 6.54 Å². The number of benzene rings is 1. The zero-order valence-corrected chi connectivity index (χ0v) is 14.4. The number of hydrogen-bond donors (Lipinski definition) is 1. The second kappa shape index (κ2) is 6.58. The van der Waals surface area contributed by atoms with Gasteiger partial charge >= 0.3 is 0 Å². The van der Waals surface area contributed by atoms with Crippen LogP contribution in [0.15, 0.2) is 29.6 Å². The van der Waals surface area contributed by atoms with Crippen molar-refractivity contribution in [2.75, 3.05) is 11.4 Å². The van der Waals surface area contributed by atoms with Crippen LogP contribution in [0.3, 0.4) is 0 Å². The molecule has 2 aromatic rings. The average molecular weight is 303 g/mol. The number of hydrogen-bond acceptors (Lipinski definition) is 4. The van der Waals surface area contributed by atoms with Gasteiger partial charge in [-0.1, -0.05) is 12.1 Å². The first-order valence-electron chi connectivity index (χ1n) is 7.42. The zero-order chi connectivity index (χ0) is 15.5. The third-order valence-corrected chi connectivity index (χ3v) is 4.11. The van der Waals surface area contributed by atoms with Gasteiger partial charge in [-0.15, -0.1) is 11.3 Å². The summed E-state index contributed by atoms with van der Waals surface area (Å²) >= 11 is 1.71.